The minimum atomic E-state index is 0.866. The van der Waals surface area contributed by atoms with E-state index in [2.05, 4.69) is 185 Å². The van der Waals surface area contributed by atoms with E-state index in [0.717, 1.165) is 50.2 Å². The summed E-state index contributed by atoms with van der Waals surface area (Å²) in [5, 5.41) is 12.0. The highest BCUT2D eigenvalue weighted by molar-refractivity contribution is 6.24. The monoisotopic (exact) mass is 650 g/mol. The van der Waals surface area contributed by atoms with Gasteiger partial charge in [0, 0.05) is 27.2 Å². The number of fused-ring (bicyclic) bond motifs is 11. The molecular formula is C48H30N2O. The van der Waals surface area contributed by atoms with Crippen molar-refractivity contribution in [1.29, 1.82) is 0 Å². The number of hydrogen-bond acceptors (Lipinski definition) is 2. The van der Waals surface area contributed by atoms with Crippen LogP contribution in [0.25, 0.3) is 81.7 Å². The van der Waals surface area contributed by atoms with E-state index < -0.39 is 0 Å². The van der Waals surface area contributed by atoms with Crippen molar-refractivity contribution >= 4 is 93.1 Å². The summed E-state index contributed by atoms with van der Waals surface area (Å²) in [5.74, 6) is 0. The van der Waals surface area contributed by atoms with Gasteiger partial charge < -0.3 is 13.9 Å². The summed E-state index contributed by atoms with van der Waals surface area (Å²) in [6, 6.07) is 65.6. The maximum atomic E-state index is 6.53. The number of anilines is 3. The lowest BCUT2D eigenvalue weighted by molar-refractivity contribution is 0.669. The summed E-state index contributed by atoms with van der Waals surface area (Å²) in [5.41, 5.74) is 8.47. The molecule has 0 N–H and O–H groups in total. The number of aromatic nitrogens is 1. The molecule has 0 aliphatic carbocycles. The van der Waals surface area contributed by atoms with Gasteiger partial charge in [-0.25, -0.2) is 0 Å². The van der Waals surface area contributed by atoms with Crippen molar-refractivity contribution in [2.45, 2.75) is 0 Å². The molecule has 2 heterocycles. The predicted octanol–water partition coefficient (Wildman–Crippen LogP) is 13.6. The summed E-state index contributed by atoms with van der Waals surface area (Å²) in [4.78, 5) is 2.49. The van der Waals surface area contributed by atoms with Crippen molar-refractivity contribution in [3.63, 3.8) is 0 Å². The molecule has 3 nitrogen and oxygen atoms in total. The minimum Gasteiger partial charge on any atom is -0.456 e. The fourth-order valence-corrected chi connectivity index (χ4v) is 8.38. The highest BCUT2D eigenvalue weighted by atomic mass is 16.3. The van der Waals surface area contributed by atoms with Gasteiger partial charge in [0.05, 0.1) is 33.5 Å². The Bertz CT molecular complexity index is 3150. The third-order valence-electron chi connectivity index (χ3n) is 10.5. The fraction of sp³-hybridized carbons (Fsp3) is 0. The molecule has 0 aliphatic rings. The highest BCUT2D eigenvalue weighted by Crippen LogP contribution is 2.50. The molecule has 0 fully saturated rings. The first kappa shape index (κ1) is 28.0. The van der Waals surface area contributed by atoms with Crippen molar-refractivity contribution in [2.75, 3.05) is 4.90 Å². The van der Waals surface area contributed by atoms with Crippen LogP contribution in [0.5, 0.6) is 0 Å². The summed E-state index contributed by atoms with van der Waals surface area (Å²) in [6.45, 7) is 0. The van der Waals surface area contributed by atoms with E-state index >= 15 is 0 Å². The molecule has 3 heteroatoms. The predicted molar refractivity (Wildman–Crippen MR) is 215 cm³/mol. The van der Waals surface area contributed by atoms with Crippen molar-refractivity contribution in [3.8, 4) is 5.69 Å². The molecule has 0 atom stereocenters. The van der Waals surface area contributed by atoms with Gasteiger partial charge in [0.15, 0.2) is 0 Å². The maximum Gasteiger partial charge on any atom is 0.137 e. The van der Waals surface area contributed by atoms with Gasteiger partial charge in [0.1, 0.15) is 11.2 Å². The molecule has 2 aromatic heterocycles. The topological polar surface area (TPSA) is 21.3 Å². The molecular weight excluding hydrogens is 621 g/mol. The number of rotatable bonds is 4. The Kier molecular flexibility index (Phi) is 5.96. The van der Waals surface area contributed by atoms with E-state index in [1.165, 1.54) is 48.6 Å². The second-order valence-corrected chi connectivity index (χ2v) is 13.3. The van der Waals surface area contributed by atoms with Gasteiger partial charge >= 0.3 is 0 Å². The normalized spacial score (nSPS) is 11.9. The largest absolute Gasteiger partial charge is 0.456 e. The van der Waals surface area contributed by atoms with Crippen LogP contribution in [-0.4, -0.2) is 4.57 Å². The highest BCUT2D eigenvalue weighted by Gasteiger charge is 2.26. The molecule has 11 rings (SSSR count). The number of hydrogen-bond donors (Lipinski definition) is 0. The Hall–Kier alpha value is -6.84. The quantitative estimate of drug-likeness (QED) is 0.177. The van der Waals surface area contributed by atoms with Crippen LogP contribution in [0.15, 0.2) is 186 Å². The van der Waals surface area contributed by atoms with Gasteiger partial charge in [-0.15, -0.1) is 0 Å². The SMILES string of the molecule is c1ccc(-n2c3ccccc3c3cccc(N(c4cc5c6ccccc6ccc5c5ccccc45)c4cccc5oc6ccccc6c45)c32)cc1. The summed E-state index contributed by atoms with van der Waals surface area (Å²) in [6.07, 6.45) is 0. The van der Waals surface area contributed by atoms with Gasteiger partial charge in [0.25, 0.3) is 0 Å². The average molecular weight is 651 g/mol. The number of furan rings is 1. The molecule has 0 amide bonds. The molecule has 0 bridgehead atoms. The van der Waals surface area contributed by atoms with E-state index in [1.54, 1.807) is 0 Å². The Morgan fingerprint density at radius 3 is 1.88 bits per heavy atom. The van der Waals surface area contributed by atoms with E-state index in [4.69, 9.17) is 4.42 Å². The van der Waals surface area contributed by atoms with Crippen LogP contribution in [-0.2, 0) is 0 Å². The average Bonchev–Trinajstić information content (AvgIpc) is 3.75. The van der Waals surface area contributed by atoms with Crippen LogP contribution in [0.3, 0.4) is 0 Å². The summed E-state index contributed by atoms with van der Waals surface area (Å²) < 4.78 is 8.96. The van der Waals surface area contributed by atoms with Crippen LogP contribution in [0.2, 0.25) is 0 Å². The third-order valence-corrected chi connectivity index (χ3v) is 10.5. The molecule has 11 aromatic rings. The number of benzene rings is 9. The first-order valence-electron chi connectivity index (χ1n) is 17.4. The van der Waals surface area contributed by atoms with Crippen LogP contribution >= 0.6 is 0 Å². The third kappa shape index (κ3) is 4.06. The zero-order chi connectivity index (χ0) is 33.5. The van der Waals surface area contributed by atoms with Crippen molar-refractivity contribution in [1.82, 2.24) is 4.57 Å². The molecule has 51 heavy (non-hydrogen) atoms. The van der Waals surface area contributed by atoms with Crippen LogP contribution in [0, 0.1) is 0 Å². The van der Waals surface area contributed by atoms with Gasteiger partial charge in [0.2, 0.25) is 0 Å². The lowest BCUT2D eigenvalue weighted by Gasteiger charge is -2.29. The van der Waals surface area contributed by atoms with E-state index in [-0.39, 0.29) is 0 Å². The standard InChI is InChI=1S/C48H30N2O/c1-2-15-32(16-3-1)49-41-23-10-8-20-37(41)38-22-12-25-43(48(38)49)50(42-24-13-27-46-47(42)39-21-9-11-26-45(39)51-46)44-30-40-33-17-5-4-14-31(33)28-29-35(40)34-18-6-7-19-36(34)44/h1-30H. The summed E-state index contributed by atoms with van der Waals surface area (Å²) >= 11 is 0. The van der Waals surface area contributed by atoms with Crippen LogP contribution < -0.4 is 4.90 Å². The van der Waals surface area contributed by atoms with Crippen LogP contribution in [0.1, 0.15) is 0 Å². The minimum absolute atomic E-state index is 0.866. The molecule has 238 valence electrons. The zero-order valence-electron chi connectivity index (χ0n) is 27.6. The Morgan fingerprint density at radius 1 is 0.373 bits per heavy atom. The molecule has 0 radical (unpaired) electrons. The Morgan fingerprint density at radius 2 is 1.00 bits per heavy atom. The fourth-order valence-electron chi connectivity index (χ4n) is 8.38. The number of para-hydroxylation sites is 4. The summed E-state index contributed by atoms with van der Waals surface area (Å²) in [7, 11) is 0. The molecule has 9 aromatic carbocycles. The lowest BCUT2D eigenvalue weighted by atomic mass is 9.94. The molecule has 0 saturated heterocycles. The van der Waals surface area contributed by atoms with E-state index in [0.29, 0.717) is 0 Å². The van der Waals surface area contributed by atoms with Gasteiger partial charge in [-0.3, -0.25) is 0 Å². The Labute approximate surface area is 293 Å². The molecule has 0 spiro atoms. The van der Waals surface area contributed by atoms with Gasteiger partial charge in [-0.05, 0) is 75.5 Å². The van der Waals surface area contributed by atoms with Crippen molar-refractivity contribution < 1.29 is 4.42 Å². The Balaban J connectivity index is 1.36. The molecule has 0 aliphatic heterocycles. The maximum absolute atomic E-state index is 6.53. The second-order valence-electron chi connectivity index (χ2n) is 13.3. The molecule has 0 unspecified atom stereocenters. The van der Waals surface area contributed by atoms with Crippen molar-refractivity contribution in [2.24, 2.45) is 0 Å². The van der Waals surface area contributed by atoms with E-state index in [1.807, 2.05) is 6.07 Å². The smallest absolute Gasteiger partial charge is 0.137 e. The number of nitrogens with zero attached hydrogens (tertiary/aromatic N) is 2. The van der Waals surface area contributed by atoms with Crippen molar-refractivity contribution in [3.05, 3.63) is 182 Å². The second kappa shape index (κ2) is 10.8. The first-order valence-corrected chi connectivity index (χ1v) is 17.4. The van der Waals surface area contributed by atoms with E-state index in [9.17, 15) is 0 Å². The first-order chi connectivity index (χ1) is 25.3. The lowest BCUT2D eigenvalue weighted by Crippen LogP contribution is -2.13. The zero-order valence-corrected chi connectivity index (χ0v) is 27.6. The van der Waals surface area contributed by atoms with Gasteiger partial charge in [-0.1, -0.05) is 133 Å². The van der Waals surface area contributed by atoms with Gasteiger partial charge in [-0.2, -0.15) is 0 Å². The van der Waals surface area contributed by atoms with Crippen LogP contribution in [0.4, 0.5) is 17.1 Å². The molecule has 0 saturated carbocycles.